The number of carbonyl (C=O) groups excluding carboxylic acids is 1. The van der Waals surface area contributed by atoms with Crippen LogP contribution in [0.15, 0.2) is 29.1 Å². The molecule has 1 amide bonds. The maximum atomic E-state index is 11.8. The zero-order valence-electron chi connectivity index (χ0n) is 12.9. The van der Waals surface area contributed by atoms with E-state index in [-0.39, 0.29) is 24.5 Å². The second-order valence-corrected chi connectivity index (χ2v) is 5.20. The minimum Gasteiger partial charge on any atom is -0.497 e. The van der Waals surface area contributed by atoms with Crippen LogP contribution in [0.4, 0.5) is 0 Å². The number of hydrogen-bond acceptors (Lipinski definition) is 6. The quantitative estimate of drug-likeness (QED) is 0.623. The van der Waals surface area contributed by atoms with Gasteiger partial charge in [0.2, 0.25) is 5.91 Å². The summed E-state index contributed by atoms with van der Waals surface area (Å²) in [6, 6.07) is 6.27. The number of methoxy groups -OCH3 is 1. The molecule has 0 aliphatic rings. The van der Waals surface area contributed by atoms with E-state index in [1.807, 2.05) is 0 Å². The minimum atomic E-state index is -0.606. The number of aromatic nitrogens is 2. The van der Waals surface area contributed by atoms with Crippen LogP contribution >= 0.6 is 12.2 Å². The SMILES string of the molecule is COc1ccc(-c2cc(=O)[nH]c(=S)n2CC(N)=O)c(OCCO)c1. The molecule has 0 spiro atoms. The van der Waals surface area contributed by atoms with Gasteiger partial charge >= 0.3 is 0 Å². The Morgan fingerprint density at radius 1 is 1.42 bits per heavy atom. The predicted octanol–water partition coefficient (Wildman–Crippen LogP) is 0.438. The van der Waals surface area contributed by atoms with Crippen molar-refractivity contribution in [1.29, 1.82) is 0 Å². The first-order chi connectivity index (χ1) is 11.5. The average molecular weight is 351 g/mol. The summed E-state index contributed by atoms with van der Waals surface area (Å²) in [6.07, 6.45) is 0. The lowest BCUT2D eigenvalue weighted by Gasteiger charge is -2.16. The summed E-state index contributed by atoms with van der Waals surface area (Å²) >= 11 is 5.12. The van der Waals surface area contributed by atoms with Crippen LogP contribution in [0, 0.1) is 4.77 Å². The molecule has 9 heteroatoms. The number of rotatable bonds is 7. The molecule has 0 fully saturated rings. The van der Waals surface area contributed by atoms with Crippen LogP contribution in [0.25, 0.3) is 11.3 Å². The molecule has 0 unspecified atom stereocenters. The zero-order valence-corrected chi connectivity index (χ0v) is 13.8. The Morgan fingerprint density at radius 3 is 2.79 bits per heavy atom. The van der Waals surface area contributed by atoms with Crippen molar-refractivity contribution in [3.63, 3.8) is 0 Å². The number of aromatic amines is 1. The number of benzene rings is 1. The van der Waals surface area contributed by atoms with E-state index >= 15 is 0 Å². The number of nitrogens with zero attached hydrogens (tertiary/aromatic N) is 1. The number of ether oxygens (including phenoxy) is 2. The number of aliphatic hydroxyl groups excluding tert-OH is 1. The molecule has 2 aromatic rings. The third-order valence-corrected chi connectivity index (χ3v) is 3.48. The summed E-state index contributed by atoms with van der Waals surface area (Å²) in [5, 5.41) is 8.98. The van der Waals surface area contributed by atoms with Crippen molar-refractivity contribution in [3.8, 4) is 22.8 Å². The van der Waals surface area contributed by atoms with Crippen molar-refractivity contribution < 1.29 is 19.4 Å². The molecule has 0 saturated heterocycles. The fraction of sp³-hybridized carbons (Fsp3) is 0.267. The Labute approximate surface area is 142 Å². The van der Waals surface area contributed by atoms with Crippen molar-refractivity contribution in [3.05, 3.63) is 39.4 Å². The number of aliphatic hydroxyl groups is 1. The lowest BCUT2D eigenvalue weighted by molar-refractivity contribution is -0.118. The second-order valence-electron chi connectivity index (χ2n) is 4.81. The second kappa shape index (κ2) is 7.75. The van der Waals surface area contributed by atoms with Crippen LogP contribution in [0.1, 0.15) is 0 Å². The molecule has 24 heavy (non-hydrogen) atoms. The summed E-state index contributed by atoms with van der Waals surface area (Å²) in [5.74, 6) is 0.309. The van der Waals surface area contributed by atoms with Gasteiger partial charge < -0.3 is 24.9 Å². The highest BCUT2D eigenvalue weighted by Crippen LogP contribution is 2.33. The van der Waals surface area contributed by atoms with Crippen molar-refractivity contribution in [2.24, 2.45) is 5.73 Å². The van der Waals surface area contributed by atoms with Crippen LogP contribution < -0.4 is 20.8 Å². The van der Waals surface area contributed by atoms with Crippen LogP contribution in [-0.4, -0.2) is 40.9 Å². The van der Waals surface area contributed by atoms with Gasteiger partial charge in [-0.15, -0.1) is 0 Å². The van der Waals surface area contributed by atoms with Gasteiger partial charge in [-0.05, 0) is 24.4 Å². The largest absolute Gasteiger partial charge is 0.497 e. The Balaban J connectivity index is 2.68. The van der Waals surface area contributed by atoms with Crippen molar-refractivity contribution in [1.82, 2.24) is 9.55 Å². The molecule has 0 aliphatic heterocycles. The first-order valence-corrected chi connectivity index (χ1v) is 7.41. The van der Waals surface area contributed by atoms with Gasteiger partial charge in [0, 0.05) is 17.7 Å². The van der Waals surface area contributed by atoms with Gasteiger partial charge in [-0.2, -0.15) is 0 Å². The summed E-state index contributed by atoms with van der Waals surface area (Å²) in [7, 11) is 1.51. The fourth-order valence-electron chi connectivity index (χ4n) is 2.17. The van der Waals surface area contributed by atoms with Crippen molar-refractivity contribution in [2.75, 3.05) is 20.3 Å². The van der Waals surface area contributed by atoms with E-state index < -0.39 is 11.5 Å². The van der Waals surface area contributed by atoms with Crippen LogP contribution in [0.5, 0.6) is 11.5 Å². The van der Waals surface area contributed by atoms with E-state index in [4.69, 9.17) is 32.5 Å². The molecule has 2 rings (SSSR count). The summed E-state index contributed by atoms with van der Waals surface area (Å²) in [6.45, 7) is -0.323. The van der Waals surface area contributed by atoms with Gasteiger partial charge in [0.1, 0.15) is 24.7 Å². The molecule has 8 nitrogen and oxygen atoms in total. The average Bonchev–Trinajstić information content (AvgIpc) is 2.54. The predicted molar refractivity (Wildman–Crippen MR) is 89.6 cm³/mol. The molecule has 1 aromatic carbocycles. The molecule has 128 valence electrons. The van der Waals surface area contributed by atoms with Gasteiger partial charge in [0.15, 0.2) is 4.77 Å². The third-order valence-electron chi connectivity index (χ3n) is 3.16. The number of hydrogen-bond donors (Lipinski definition) is 3. The van der Waals surface area contributed by atoms with E-state index in [0.717, 1.165) is 0 Å². The highest BCUT2D eigenvalue weighted by molar-refractivity contribution is 7.71. The maximum absolute atomic E-state index is 11.8. The molecule has 0 aliphatic carbocycles. The zero-order chi connectivity index (χ0) is 17.7. The van der Waals surface area contributed by atoms with E-state index in [1.54, 1.807) is 18.2 Å². The van der Waals surface area contributed by atoms with Gasteiger partial charge in [-0.3, -0.25) is 14.6 Å². The van der Waals surface area contributed by atoms with Gasteiger partial charge in [0.05, 0.1) is 19.4 Å². The minimum absolute atomic E-state index is 0.0555. The lowest BCUT2D eigenvalue weighted by Crippen LogP contribution is -2.23. The van der Waals surface area contributed by atoms with E-state index in [9.17, 15) is 9.59 Å². The summed E-state index contributed by atoms with van der Waals surface area (Å²) in [4.78, 5) is 25.6. The fourth-order valence-corrected chi connectivity index (χ4v) is 2.44. The molecule has 1 heterocycles. The number of carbonyl (C=O) groups is 1. The summed E-state index contributed by atoms with van der Waals surface area (Å²) in [5.41, 5.74) is 5.73. The van der Waals surface area contributed by atoms with Gasteiger partial charge in [-0.25, -0.2) is 0 Å². The molecule has 4 N–H and O–H groups in total. The maximum Gasteiger partial charge on any atom is 0.252 e. The first kappa shape index (κ1) is 17.7. The van der Waals surface area contributed by atoms with Gasteiger partial charge in [0.25, 0.3) is 5.56 Å². The molecular weight excluding hydrogens is 334 g/mol. The molecule has 1 aromatic heterocycles. The Kier molecular flexibility index (Phi) is 5.72. The topological polar surface area (TPSA) is 120 Å². The van der Waals surface area contributed by atoms with Crippen LogP contribution in [0.3, 0.4) is 0 Å². The first-order valence-electron chi connectivity index (χ1n) is 7.00. The molecule has 0 saturated carbocycles. The highest BCUT2D eigenvalue weighted by atomic mass is 32.1. The number of amides is 1. The summed E-state index contributed by atoms with van der Waals surface area (Å²) < 4.78 is 12.2. The number of primary amides is 1. The van der Waals surface area contributed by atoms with E-state index in [0.29, 0.717) is 22.8 Å². The Morgan fingerprint density at radius 2 is 2.17 bits per heavy atom. The third kappa shape index (κ3) is 4.00. The van der Waals surface area contributed by atoms with Crippen LogP contribution in [-0.2, 0) is 11.3 Å². The lowest BCUT2D eigenvalue weighted by atomic mass is 10.1. The number of nitrogens with one attached hydrogen (secondary N) is 1. The van der Waals surface area contributed by atoms with E-state index in [1.165, 1.54) is 17.7 Å². The molecule has 0 radical (unpaired) electrons. The standard InChI is InChI=1S/C15H17N3O5S/c1-22-9-2-3-10(12(6-9)23-5-4-19)11-7-14(21)17-15(24)18(11)8-13(16)20/h2-3,6-7,19H,4-5,8H2,1H3,(H2,16,20)(H,17,21,24). The highest BCUT2D eigenvalue weighted by Gasteiger charge is 2.14. The number of nitrogens with two attached hydrogens (primary N) is 1. The normalized spacial score (nSPS) is 10.4. The van der Waals surface area contributed by atoms with Crippen molar-refractivity contribution in [2.45, 2.75) is 6.54 Å². The number of H-pyrrole nitrogens is 1. The van der Waals surface area contributed by atoms with Crippen LogP contribution in [0.2, 0.25) is 0 Å². The smallest absolute Gasteiger partial charge is 0.252 e. The Bertz CT molecular complexity index is 859. The molecule has 0 bridgehead atoms. The Hall–Kier alpha value is -2.65. The molecular formula is C15H17N3O5S. The molecule has 0 atom stereocenters. The van der Waals surface area contributed by atoms with E-state index in [2.05, 4.69) is 4.98 Å². The van der Waals surface area contributed by atoms with Crippen molar-refractivity contribution >= 4 is 18.1 Å². The van der Waals surface area contributed by atoms with Gasteiger partial charge in [-0.1, -0.05) is 0 Å². The monoisotopic (exact) mass is 351 g/mol.